The highest BCUT2D eigenvalue weighted by molar-refractivity contribution is 5.94. The molecule has 3 nitrogen and oxygen atoms in total. The molecule has 1 N–H and O–H groups in total. The molecule has 0 unspecified atom stereocenters. The fourth-order valence-electron chi connectivity index (χ4n) is 2.49. The second kappa shape index (κ2) is 5.76. The van der Waals surface area contributed by atoms with Crippen molar-refractivity contribution in [1.29, 1.82) is 0 Å². The predicted molar refractivity (Wildman–Crippen MR) is 63.5 cm³/mol. The van der Waals surface area contributed by atoms with Gasteiger partial charge in [-0.3, -0.25) is 4.79 Å². The minimum atomic E-state index is -4.33. The lowest BCUT2D eigenvalue weighted by Crippen LogP contribution is -2.47. The minimum Gasteiger partial charge on any atom is -0.349 e. The van der Waals surface area contributed by atoms with Crippen molar-refractivity contribution in [2.24, 2.45) is 5.92 Å². The Morgan fingerprint density at radius 3 is 2.65 bits per heavy atom. The van der Waals surface area contributed by atoms with Crippen LogP contribution in [0.3, 0.4) is 0 Å². The van der Waals surface area contributed by atoms with Crippen molar-refractivity contribution in [2.75, 3.05) is 0 Å². The van der Waals surface area contributed by atoms with Crippen molar-refractivity contribution in [2.45, 2.75) is 37.9 Å². The topological polar surface area (TPSA) is 42.0 Å². The molecule has 0 aliphatic heterocycles. The van der Waals surface area contributed by atoms with Gasteiger partial charge in [0.15, 0.2) is 0 Å². The van der Waals surface area contributed by atoms with Gasteiger partial charge in [0.1, 0.15) is 0 Å². The number of nitrogens with zero attached hydrogens (tertiary/aromatic N) is 1. The highest BCUT2D eigenvalue weighted by Gasteiger charge is 2.45. The van der Waals surface area contributed by atoms with E-state index >= 15 is 0 Å². The van der Waals surface area contributed by atoms with Gasteiger partial charge in [0.2, 0.25) is 5.95 Å². The Kier molecular flexibility index (Phi) is 4.25. The summed E-state index contributed by atoms with van der Waals surface area (Å²) in [6.45, 7) is 0. The van der Waals surface area contributed by atoms with Crippen LogP contribution in [0.2, 0.25) is 0 Å². The van der Waals surface area contributed by atoms with E-state index in [1.165, 1.54) is 6.07 Å². The molecule has 0 spiro atoms. The molecule has 1 aromatic heterocycles. The molecule has 2 rings (SSSR count). The van der Waals surface area contributed by atoms with Gasteiger partial charge in [0.05, 0.1) is 5.92 Å². The Balaban J connectivity index is 2.09. The maximum Gasteiger partial charge on any atom is 0.393 e. The molecule has 0 aromatic carbocycles. The summed E-state index contributed by atoms with van der Waals surface area (Å²) in [5.74, 6) is -3.08. The van der Waals surface area contributed by atoms with E-state index in [0.717, 1.165) is 12.3 Å². The van der Waals surface area contributed by atoms with Crippen LogP contribution >= 0.6 is 0 Å². The highest BCUT2D eigenvalue weighted by Crippen LogP contribution is 2.37. The number of rotatable bonds is 2. The van der Waals surface area contributed by atoms with Crippen molar-refractivity contribution in [1.82, 2.24) is 10.3 Å². The van der Waals surface area contributed by atoms with E-state index in [1.54, 1.807) is 0 Å². The number of alkyl halides is 3. The predicted octanol–water partition coefficient (Wildman–Crippen LogP) is 3.07. The summed E-state index contributed by atoms with van der Waals surface area (Å²) in [5, 5.41) is 2.37. The van der Waals surface area contributed by atoms with Crippen LogP contribution in [-0.2, 0) is 0 Å². The number of carbonyl (C=O) groups excluding carboxylic acids is 1. The smallest absolute Gasteiger partial charge is 0.349 e. The van der Waals surface area contributed by atoms with Crippen molar-refractivity contribution < 1.29 is 22.4 Å². The maximum atomic E-state index is 12.9. The summed E-state index contributed by atoms with van der Waals surface area (Å²) >= 11 is 0. The number of halogens is 4. The van der Waals surface area contributed by atoms with Crippen molar-refractivity contribution >= 4 is 5.91 Å². The van der Waals surface area contributed by atoms with E-state index in [0.29, 0.717) is 12.8 Å². The van der Waals surface area contributed by atoms with Gasteiger partial charge in [-0.05, 0) is 18.9 Å². The third-order valence-electron chi connectivity index (χ3n) is 3.49. The standard InChI is InChI=1S/C13H14F4N2O/c14-11-7-8(5-6-18-11)12(20)19-10-4-2-1-3-9(10)13(15,16)17/h5-7,9-10H,1-4H2,(H,19,20)/t9-,10+/m1/s1. The fraction of sp³-hybridized carbons (Fsp3) is 0.538. The van der Waals surface area contributed by atoms with Gasteiger partial charge in [0.25, 0.3) is 5.91 Å². The van der Waals surface area contributed by atoms with E-state index in [9.17, 15) is 22.4 Å². The lowest BCUT2D eigenvalue weighted by Gasteiger charge is -2.33. The van der Waals surface area contributed by atoms with E-state index in [1.807, 2.05) is 0 Å². The van der Waals surface area contributed by atoms with Gasteiger partial charge in [-0.25, -0.2) is 4.98 Å². The first-order valence-electron chi connectivity index (χ1n) is 6.37. The van der Waals surface area contributed by atoms with Crippen LogP contribution in [0.25, 0.3) is 0 Å². The first-order chi connectivity index (χ1) is 9.38. The van der Waals surface area contributed by atoms with Crippen LogP contribution in [0.15, 0.2) is 18.3 Å². The van der Waals surface area contributed by atoms with Crippen LogP contribution in [0.4, 0.5) is 17.6 Å². The normalized spacial score (nSPS) is 23.4. The molecule has 1 aromatic rings. The average Bonchev–Trinajstić information content (AvgIpc) is 2.38. The largest absolute Gasteiger partial charge is 0.393 e. The summed E-state index contributed by atoms with van der Waals surface area (Å²) in [4.78, 5) is 15.2. The second-order valence-electron chi connectivity index (χ2n) is 4.88. The summed E-state index contributed by atoms with van der Waals surface area (Å²) in [5.41, 5.74) is -0.0241. The molecule has 7 heteroatoms. The van der Waals surface area contributed by atoms with Crippen LogP contribution in [0.1, 0.15) is 36.0 Å². The Labute approximate surface area is 113 Å². The summed E-state index contributed by atoms with van der Waals surface area (Å²) in [7, 11) is 0. The monoisotopic (exact) mass is 290 g/mol. The van der Waals surface area contributed by atoms with Gasteiger partial charge in [0, 0.05) is 23.9 Å². The third-order valence-corrected chi connectivity index (χ3v) is 3.49. The van der Waals surface area contributed by atoms with Crippen molar-refractivity contribution in [3.63, 3.8) is 0 Å². The zero-order valence-corrected chi connectivity index (χ0v) is 10.6. The number of hydrogen-bond donors (Lipinski definition) is 1. The molecule has 1 aliphatic carbocycles. The molecule has 0 radical (unpaired) electrons. The molecular formula is C13H14F4N2O. The van der Waals surface area contributed by atoms with Gasteiger partial charge in [-0.2, -0.15) is 17.6 Å². The Bertz CT molecular complexity index is 490. The molecule has 20 heavy (non-hydrogen) atoms. The first-order valence-corrected chi connectivity index (χ1v) is 6.37. The number of pyridine rings is 1. The number of nitrogens with one attached hydrogen (secondary N) is 1. The van der Waals surface area contributed by atoms with Crippen molar-refractivity contribution in [3.05, 3.63) is 29.8 Å². The van der Waals surface area contributed by atoms with E-state index in [4.69, 9.17) is 0 Å². The molecular weight excluding hydrogens is 276 g/mol. The summed E-state index contributed by atoms with van der Waals surface area (Å²) < 4.78 is 51.6. The van der Waals surface area contributed by atoms with Crippen LogP contribution in [-0.4, -0.2) is 23.1 Å². The lowest BCUT2D eigenvalue weighted by atomic mass is 9.84. The number of aromatic nitrogens is 1. The number of hydrogen-bond acceptors (Lipinski definition) is 2. The van der Waals surface area contributed by atoms with Crippen molar-refractivity contribution in [3.8, 4) is 0 Å². The molecule has 1 aliphatic rings. The second-order valence-corrected chi connectivity index (χ2v) is 4.88. The Morgan fingerprint density at radius 2 is 2.00 bits per heavy atom. The Morgan fingerprint density at radius 1 is 1.30 bits per heavy atom. The quantitative estimate of drug-likeness (QED) is 0.672. The van der Waals surface area contributed by atoms with E-state index in [2.05, 4.69) is 10.3 Å². The molecule has 2 atom stereocenters. The minimum absolute atomic E-state index is 0.0130. The lowest BCUT2D eigenvalue weighted by molar-refractivity contribution is -0.187. The number of amides is 1. The molecule has 1 heterocycles. The molecule has 1 fully saturated rings. The zero-order valence-electron chi connectivity index (χ0n) is 10.6. The number of carbonyl (C=O) groups is 1. The first kappa shape index (κ1) is 14.7. The third kappa shape index (κ3) is 3.46. The van der Waals surface area contributed by atoms with Crippen LogP contribution < -0.4 is 5.32 Å². The van der Waals surface area contributed by atoms with E-state index < -0.39 is 30.0 Å². The molecule has 0 bridgehead atoms. The summed E-state index contributed by atoms with van der Waals surface area (Å²) in [6, 6.07) is 1.22. The average molecular weight is 290 g/mol. The molecule has 1 amide bonds. The van der Waals surface area contributed by atoms with Gasteiger partial charge < -0.3 is 5.32 Å². The molecule has 1 saturated carbocycles. The molecule has 110 valence electrons. The highest BCUT2D eigenvalue weighted by atomic mass is 19.4. The Hall–Kier alpha value is -1.66. The maximum absolute atomic E-state index is 12.9. The fourth-order valence-corrected chi connectivity index (χ4v) is 2.49. The van der Waals surface area contributed by atoms with Gasteiger partial charge >= 0.3 is 6.18 Å². The van der Waals surface area contributed by atoms with Gasteiger partial charge in [-0.15, -0.1) is 0 Å². The van der Waals surface area contributed by atoms with E-state index in [-0.39, 0.29) is 18.4 Å². The summed E-state index contributed by atoms with van der Waals surface area (Å²) in [6.07, 6.45) is -1.79. The van der Waals surface area contributed by atoms with Crippen LogP contribution in [0, 0.1) is 11.9 Å². The zero-order chi connectivity index (χ0) is 14.8. The molecule has 0 saturated heterocycles. The van der Waals surface area contributed by atoms with Gasteiger partial charge in [-0.1, -0.05) is 12.8 Å². The SMILES string of the molecule is O=C(N[C@H]1CCCC[C@H]1C(F)(F)F)c1ccnc(F)c1. The van der Waals surface area contributed by atoms with Crippen LogP contribution in [0.5, 0.6) is 0 Å².